The summed E-state index contributed by atoms with van der Waals surface area (Å²) >= 11 is 6.68. The number of aromatic nitrogens is 2. The lowest BCUT2D eigenvalue weighted by atomic mass is 9.92. The molecule has 0 bridgehead atoms. The van der Waals surface area contributed by atoms with Gasteiger partial charge >= 0.3 is 6.18 Å². The van der Waals surface area contributed by atoms with Crippen LogP contribution in [0.1, 0.15) is 57.4 Å². The van der Waals surface area contributed by atoms with Crippen LogP contribution in [0.2, 0.25) is 5.02 Å². The molecule has 13 heteroatoms. The highest BCUT2D eigenvalue weighted by atomic mass is 35.5. The quantitative estimate of drug-likeness (QED) is 0.167. The van der Waals surface area contributed by atoms with Crippen molar-refractivity contribution >= 4 is 45.3 Å². The number of pyridine rings is 2. The highest BCUT2D eigenvalue weighted by molar-refractivity contribution is 6.35. The standard InChI is InChI=1S/C32H33ClF4N8/c1-6-24(34)29-21(8-7-11-39-29)18(2)26(25-16-45(44-43-25)31(5)9-10-31)42-20-12-22-27(41-17-30(3,4)32(35,36)37)19(14-38)15-40-28(22)23(33)13-20/h6-8,11-13,15-16,26,42-44H,2,9-10,17H2,1,3-5H3,(H,40,41)/b24-6+/t26-/m0/s1. The first kappa shape index (κ1) is 32.1. The summed E-state index contributed by atoms with van der Waals surface area (Å²) in [4.78, 5) is 8.56. The van der Waals surface area contributed by atoms with Gasteiger partial charge in [-0.3, -0.25) is 15.0 Å². The van der Waals surface area contributed by atoms with E-state index >= 15 is 0 Å². The molecule has 2 aromatic heterocycles. The molecule has 2 aliphatic rings. The molecular formula is C32H33ClF4N8. The lowest BCUT2D eigenvalue weighted by Gasteiger charge is -2.29. The van der Waals surface area contributed by atoms with Crippen molar-refractivity contribution < 1.29 is 17.6 Å². The molecule has 8 nitrogen and oxygen atoms in total. The second-order valence-electron chi connectivity index (χ2n) is 12.1. The minimum absolute atomic E-state index is 0.0620. The van der Waals surface area contributed by atoms with Crippen molar-refractivity contribution in [2.24, 2.45) is 5.41 Å². The van der Waals surface area contributed by atoms with Crippen LogP contribution in [0, 0.1) is 16.7 Å². The number of nitriles is 1. The van der Waals surface area contributed by atoms with Crippen LogP contribution in [0.3, 0.4) is 0 Å². The lowest BCUT2D eigenvalue weighted by molar-refractivity contribution is -0.206. The molecule has 4 N–H and O–H groups in total. The Hall–Kier alpha value is -4.34. The molecule has 1 saturated carbocycles. The van der Waals surface area contributed by atoms with Crippen LogP contribution in [0.25, 0.3) is 22.3 Å². The number of allylic oxidation sites excluding steroid dienone is 1. The Morgan fingerprint density at radius 3 is 2.67 bits per heavy atom. The van der Waals surface area contributed by atoms with E-state index in [1.807, 2.05) is 17.3 Å². The van der Waals surface area contributed by atoms with Crippen LogP contribution < -0.4 is 21.6 Å². The second kappa shape index (κ2) is 11.9. The Kier molecular flexibility index (Phi) is 8.46. The number of fused-ring (bicyclic) bond motifs is 1. The van der Waals surface area contributed by atoms with Gasteiger partial charge in [0.2, 0.25) is 0 Å². The first-order valence-electron chi connectivity index (χ1n) is 14.3. The van der Waals surface area contributed by atoms with Crippen LogP contribution in [0.5, 0.6) is 0 Å². The maximum Gasteiger partial charge on any atom is 0.395 e. The van der Waals surface area contributed by atoms with Gasteiger partial charge in [0.05, 0.1) is 44.5 Å². The van der Waals surface area contributed by atoms with Crippen molar-refractivity contribution in [1.29, 1.82) is 5.26 Å². The van der Waals surface area contributed by atoms with Gasteiger partial charge < -0.3 is 16.1 Å². The second-order valence-corrected chi connectivity index (χ2v) is 12.5. The van der Waals surface area contributed by atoms with Gasteiger partial charge in [-0.1, -0.05) is 24.2 Å². The van der Waals surface area contributed by atoms with E-state index in [2.05, 4.69) is 45.1 Å². The Balaban J connectivity index is 1.59. The molecule has 0 amide bonds. The summed E-state index contributed by atoms with van der Waals surface area (Å²) in [5, 5.41) is 18.6. The number of benzene rings is 1. The third-order valence-electron chi connectivity index (χ3n) is 8.27. The third-order valence-corrected chi connectivity index (χ3v) is 8.56. The molecule has 0 saturated heterocycles. The van der Waals surface area contributed by atoms with Gasteiger partial charge in [0.1, 0.15) is 17.6 Å². The zero-order chi connectivity index (χ0) is 32.7. The SMILES string of the molecule is C=C(c1cccnc1/C(F)=C\C)[C@H](Nc1cc(Cl)c2ncc(C#N)c(NCC(C)(C)C(F)(F)F)c2c1)C1=CN(C2(C)CC2)NN1. The molecule has 45 heavy (non-hydrogen) atoms. The summed E-state index contributed by atoms with van der Waals surface area (Å²) in [5.41, 5.74) is 7.01. The number of rotatable bonds is 10. The number of nitrogens with one attached hydrogen (secondary N) is 4. The number of halogens is 5. The van der Waals surface area contributed by atoms with Crippen LogP contribution in [-0.4, -0.2) is 39.3 Å². The van der Waals surface area contributed by atoms with E-state index in [1.165, 1.54) is 18.5 Å². The lowest BCUT2D eigenvalue weighted by Crippen LogP contribution is -2.44. The Morgan fingerprint density at radius 1 is 1.29 bits per heavy atom. The van der Waals surface area contributed by atoms with Crippen molar-refractivity contribution in [3.05, 3.63) is 83.1 Å². The van der Waals surface area contributed by atoms with Crippen LogP contribution in [0.4, 0.5) is 28.9 Å². The van der Waals surface area contributed by atoms with E-state index in [4.69, 9.17) is 11.6 Å². The molecule has 1 aliphatic carbocycles. The van der Waals surface area contributed by atoms with Crippen molar-refractivity contribution in [3.8, 4) is 6.07 Å². The van der Waals surface area contributed by atoms with Crippen molar-refractivity contribution in [1.82, 2.24) is 25.9 Å². The molecule has 1 aromatic carbocycles. The van der Waals surface area contributed by atoms with Crippen molar-refractivity contribution in [2.45, 2.75) is 58.3 Å². The van der Waals surface area contributed by atoms with E-state index in [9.17, 15) is 22.8 Å². The molecule has 0 spiro atoms. The summed E-state index contributed by atoms with van der Waals surface area (Å²) in [7, 11) is 0. The first-order valence-corrected chi connectivity index (χ1v) is 14.7. The van der Waals surface area contributed by atoms with Crippen molar-refractivity contribution in [3.63, 3.8) is 0 Å². The number of hydrogen-bond donors (Lipinski definition) is 4. The van der Waals surface area contributed by atoms with Gasteiger partial charge in [0.25, 0.3) is 0 Å². The summed E-state index contributed by atoms with van der Waals surface area (Å²) in [6, 6.07) is 8.06. The molecule has 5 rings (SSSR count). The number of anilines is 2. The molecule has 0 unspecified atom stereocenters. The van der Waals surface area contributed by atoms with Crippen LogP contribution in [-0.2, 0) is 0 Å². The molecule has 3 aromatic rings. The number of hydrazine groups is 2. The van der Waals surface area contributed by atoms with Crippen LogP contribution >= 0.6 is 11.6 Å². The van der Waals surface area contributed by atoms with E-state index in [1.54, 1.807) is 31.2 Å². The van der Waals surface area contributed by atoms with Gasteiger partial charge in [0.15, 0.2) is 0 Å². The summed E-state index contributed by atoms with van der Waals surface area (Å²) in [6.07, 6.45) is 3.54. The average Bonchev–Trinajstić information content (AvgIpc) is 3.55. The molecule has 0 radical (unpaired) electrons. The number of nitrogens with zero attached hydrogens (tertiary/aromatic N) is 4. The molecular weight excluding hydrogens is 608 g/mol. The molecule has 1 aliphatic heterocycles. The minimum atomic E-state index is -4.48. The highest BCUT2D eigenvalue weighted by Gasteiger charge is 2.47. The van der Waals surface area contributed by atoms with Gasteiger partial charge in [-0.15, -0.1) is 5.53 Å². The van der Waals surface area contributed by atoms with Gasteiger partial charge in [-0.2, -0.15) is 18.4 Å². The minimum Gasteiger partial charge on any atom is -0.382 e. The number of alkyl halides is 3. The summed E-state index contributed by atoms with van der Waals surface area (Å²) < 4.78 is 55.9. The maximum absolute atomic E-state index is 14.9. The smallest absolute Gasteiger partial charge is 0.382 e. The molecule has 3 heterocycles. The van der Waals surface area contributed by atoms with E-state index in [0.717, 1.165) is 26.7 Å². The number of hydrogen-bond acceptors (Lipinski definition) is 8. The predicted octanol–water partition coefficient (Wildman–Crippen LogP) is 7.70. The van der Waals surface area contributed by atoms with Crippen LogP contribution in [0.15, 0.2) is 61.2 Å². The fourth-order valence-corrected chi connectivity index (χ4v) is 5.15. The molecule has 1 atom stereocenters. The Morgan fingerprint density at radius 2 is 2.02 bits per heavy atom. The van der Waals surface area contributed by atoms with E-state index < -0.39 is 30.0 Å². The van der Waals surface area contributed by atoms with Gasteiger partial charge in [-0.05, 0) is 70.4 Å². The fourth-order valence-electron chi connectivity index (χ4n) is 4.88. The van der Waals surface area contributed by atoms with Gasteiger partial charge in [-0.25, -0.2) is 4.39 Å². The van der Waals surface area contributed by atoms with Crippen molar-refractivity contribution in [2.75, 3.05) is 17.2 Å². The summed E-state index contributed by atoms with van der Waals surface area (Å²) in [5.74, 6) is -0.509. The average molecular weight is 641 g/mol. The normalized spacial score (nSPS) is 16.9. The predicted molar refractivity (Wildman–Crippen MR) is 169 cm³/mol. The highest BCUT2D eigenvalue weighted by Crippen LogP contribution is 2.43. The largest absolute Gasteiger partial charge is 0.395 e. The fraction of sp³-hybridized carbons (Fsp3) is 0.344. The Bertz CT molecular complexity index is 1750. The monoisotopic (exact) mass is 640 g/mol. The third kappa shape index (κ3) is 6.28. The molecule has 1 fully saturated rings. The zero-order valence-electron chi connectivity index (χ0n) is 25.2. The molecule has 236 valence electrons. The van der Waals surface area contributed by atoms with Gasteiger partial charge in [0, 0.05) is 41.8 Å². The maximum atomic E-state index is 14.9. The Labute approximate surface area is 263 Å². The first-order chi connectivity index (χ1) is 21.2. The topological polar surface area (TPSA) is 101 Å². The zero-order valence-corrected chi connectivity index (χ0v) is 26.0. The van der Waals surface area contributed by atoms with E-state index in [-0.39, 0.29) is 27.5 Å². The van der Waals surface area contributed by atoms with E-state index in [0.29, 0.717) is 33.4 Å². The summed E-state index contributed by atoms with van der Waals surface area (Å²) in [6.45, 7) is 9.69.